The summed E-state index contributed by atoms with van der Waals surface area (Å²) < 4.78 is 4.03. The molecule has 4 aromatic rings. The topological polar surface area (TPSA) is 60.9 Å². The quantitative estimate of drug-likeness (QED) is 0.393. The van der Waals surface area contributed by atoms with Crippen LogP contribution in [0.1, 0.15) is 35.6 Å². The summed E-state index contributed by atoms with van der Waals surface area (Å²) in [6.07, 6.45) is 5.84. The van der Waals surface area contributed by atoms with Crippen LogP contribution in [-0.2, 0) is 12.1 Å². The zero-order chi connectivity index (χ0) is 21.9. The maximum Gasteiger partial charge on any atom is 0.165 e. The molecule has 3 heterocycles. The van der Waals surface area contributed by atoms with E-state index < -0.39 is 0 Å². The van der Waals surface area contributed by atoms with E-state index in [-0.39, 0.29) is 5.54 Å². The van der Waals surface area contributed by atoms with E-state index in [0.29, 0.717) is 17.4 Å². The van der Waals surface area contributed by atoms with Gasteiger partial charge in [-0.15, -0.1) is 21.8 Å². The number of halogens is 2. The summed E-state index contributed by atoms with van der Waals surface area (Å²) in [5.74, 6) is 2.31. The Morgan fingerprint density at radius 1 is 1.00 bits per heavy atom. The van der Waals surface area contributed by atoms with Gasteiger partial charge in [0.05, 0.1) is 24.1 Å². The second-order valence-corrected chi connectivity index (χ2v) is 9.13. The standard InChI is InChI=1S/C24H20Cl2N6/c1-15-29-30-23-24(8-9-24)28-22(16-2-5-19(26)6-3-16)20-12-17(4-7-21(20)32(15)23)18-13-27-31(14-18)11-10-25/h2-7,12-14H,8-11H2,1H3. The smallest absolute Gasteiger partial charge is 0.165 e. The molecule has 32 heavy (non-hydrogen) atoms. The first kappa shape index (κ1) is 19.7. The minimum absolute atomic E-state index is 0.319. The van der Waals surface area contributed by atoms with Crippen LogP contribution in [0.2, 0.25) is 5.02 Å². The van der Waals surface area contributed by atoms with E-state index in [2.05, 4.69) is 38.1 Å². The van der Waals surface area contributed by atoms with Crippen molar-refractivity contribution in [3.63, 3.8) is 0 Å². The first-order valence-electron chi connectivity index (χ1n) is 10.6. The van der Waals surface area contributed by atoms with Crippen molar-refractivity contribution in [2.24, 2.45) is 4.99 Å². The Hall–Kier alpha value is -2.96. The molecule has 0 atom stereocenters. The van der Waals surface area contributed by atoms with Gasteiger partial charge in [-0.3, -0.25) is 14.2 Å². The van der Waals surface area contributed by atoms with E-state index in [0.717, 1.165) is 58.1 Å². The van der Waals surface area contributed by atoms with Gasteiger partial charge in [-0.1, -0.05) is 29.8 Å². The number of nitrogens with zero attached hydrogens (tertiary/aromatic N) is 6. The number of aromatic nitrogens is 5. The SMILES string of the molecule is Cc1nnc2n1-c1ccc(-c3cnn(CCCl)c3)cc1C(c1ccc(Cl)cc1)=NC21CC1. The molecular weight excluding hydrogens is 443 g/mol. The van der Waals surface area contributed by atoms with Gasteiger partial charge < -0.3 is 0 Å². The molecule has 1 spiro atoms. The molecule has 8 heteroatoms. The van der Waals surface area contributed by atoms with Gasteiger partial charge in [-0.2, -0.15) is 5.10 Å². The summed E-state index contributed by atoms with van der Waals surface area (Å²) in [6.45, 7) is 2.67. The Labute approximate surface area is 195 Å². The van der Waals surface area contributed by atoms with E-state index in [9.17, 15) is 0 Å². The van der Waals surface area contributed by atoms with Crippen molar-refractivity contribution in [1.29, 1.82) is 0 Å². The summed E-state index contributed by atoms with van der Waals surface area (Å²) in [7, 11) is 0. The van der Waals surface area contributed by atoms with Crippen LogP contribution in [0.25, 0.3) is 16.8 Å². The normalized spacial score (nSPS) is 15.8. The van der Waals surface area contributed by atoms with Crippen LogP contribution in [0.5, 0.6) is 0 Å². The van der Waals surface area contributed by atoms with Gasteiger partial charge in [-0.25, -0.2) is 0 Å². The third-order valence-corrected chi connectivity index (χ3v) is 6.60. The van der Waals surface area contributed by atoms with Crippen LogP contribution in [0.4, 0.5) is 0 Å². The van der Waals surface area contributed by atoms with Crippen molar-refractivity contribution in [1.82, 2.24) is 24.5 Å². The Morgan fingerprint density at radius 2 is 1.78 bits per heavy atom. The van der Waals surface area contributed by atoms with Crippen molar-refractivity contribution in [3.05, 3.63) is 82.7 Å². The van der Waals surface area contributed by atoms with E-state index in [1.165, 1.54) is 0 Å². The molecule has 1 aliphatic carbocycles. The minimum atomic E-state index is -0.319. The second kappa shape index (κ2) is 7.29. The highest BCUT2D eigenvalue weighted by Gasteiger charge is 2.51. The summed E-state index contributed by atoms with van der Waals surface area (Å²) >= 11 is 12.1. The first-order valence-corrected chi connectivity index (χ1v) is 11.5. The van der Waals surface area contributed by atoms with Gasteiger partial charge in [0.1, 0.15) is 11.4 Å². The van der Waals surface area contributed by atoms with Gasteiger partial charge >= 0.3 is 0 Å². The molecule has 6 nitrogen and oxygen atoms in total. The lowest BCUT2D eigenvalue weighted by molar-refractivity contribution is 0.659. The minimum Gasteiger partial charge on any atom is -0.280 e. The van der Waals surface area contributed by atoms with E-state index in [1.807, 2.05) is 48.3 Å². The predicted octanol–water partition coefficient (Wildman–Crippen LogP) is 5.17. The molecule has 0 bridgehead atoms. The van der Waals surface area contributed by atoms with Crippen LogP contribution in [-0.4, -0.2) is 36.1 Å². The number of rotatable bonds is 4. The van der Waals surface area contributed by atoms with Crippen molar-refractivity contribution in [3.8, 4) is 16.8 Å². The van der Waals surface area contributed by atoms with E-state index >= 15 is 0 Å². The highest BCUT2D eigenvalue weighted by molar-refractivity contribution is 6.30. The Morgan fingerprint density at radius 3 is 2.53 bits per heavy atom. The van der Waals surface area contributed by atoms with Crippen LogP contribution in [0.3, 0.4) is 0 Å². The molecule has 0 N–H and O–H groups in total. The molecule has 1 fully saturated rings. The monoisotopic (exact) mass is 462 g/mol. The fourth-order valence-corrected chi connectivity index (χ4v) is 4.68. The Balaban J connectivity index is 1.58. The van der Waals surface area contributed by atoms with Crippen LogP contribution in [0.15, 0.2) is 59.9 Å². The van der Waals surface area contributed by atoms with Gasteiger partial charge in [0.25, 0.3) is 0 Å². The number of hydrogen-bond acceptors (Lipinski definition) is 4. The maximum absolute atomic E-state index is 6.18. The molecule has 2 aromatic carbocycles. The number of hydrogen-bond donors (Lipinski definition) is 0. The van der Waals surface area contributed by atoms with Crippen molar-refractivity contribution < 1.29 is 0 Å². The second-order valence-electron chi connectivity index (χ2n) is 8.32. The fourth-order valence-electron chi connectivity index (χ4n) is 4.38. The average Bonchev–Trinajstić information content (AvgIpc) is 3.28. The Bertz CT molecular complexity index is 1360. The van der Waals surface area contributed by atoms with Gasteiger partial charge in [0.15, 0.2) is 5.82 Å². The molecule has 0 saturated heterocycles. The molecule has 1 saturated carbocycles. The molecule has 0 amide bonds. The molecule has 0 radical (unpaired) electrons. The molecule has 0 unspecified atom stereocenters. The lowest BCUT2D eigenvalue weighted by Gasteiger charge is -2.14. The molecule has 6 rings (SSSR count). The first-order chi connectivity index (χ1) is 15.6. The third kappa shape index (κ3) is 3.09. The Kier molecular flexibility index (Phi) is 4.49. The fraction of sp³-hybridized carbons (Fsp3) is 0.250. The summed E-state index contributed by atoms with van der Waals surface area (Å²) in [4.78, 5) is 5.30. The lowest BCUT2D eigenvalue weighted by atomic mass is 9.96. The summed E-state index contributed by atoms with van der Waals surface area (Å²) in [6, 6.07) is 14.3. The van der Waals surface area contributed by atoms with Gasteiger partial charge in [-0.05, 0) is 49.6 Å². The van der Waals surface area contributed by atoms with Gasteiger partial charge in [0.2, 0.25) is 0 Å². The van der Waals surface area contributed by atoms with Crippen molar-refractivity contribution in [2.75, 3.05) is 5.88 Å². The lowest BCUT2D eigenvalue weighted by Crippen LogP contribution is -2.11. The van der Waals surface area contributed by atoms with Crippen molar-refractivity contribution in [2.45, 2.75) is 31.8 Å². The molecule has 2 aliphatic rings. The zero-order valence-electron chi connectivity index (χ0n) is 17.5. The number of aliphatic imine (C=N–C) groups is 1. The average molecular weight is 463 g/mol. The number of benzene rings is 2. The molecule has 2 aromatic heterocycles. The molecule has 1 aliphatic heterocycles. The predicted molar refractivity (Wildman–Crippen MR) is 126 cm³/mol. The van der Waals surface area contributed by atoms with E-state index in [4.69, 9.17) is 28.2 Å². The van der Waals surface area contributed by atoms with Crippen LogP contribution >= 0.6 is 23.2 Å². The number of aryl methyl sites for hydroxylation is 2. The largest absolute Gasteiger partial charge is 0.280 e. The highest BCUT2D eigenvalue weighted by Crippen LogP contribution is 2.51. The number of fused-ring (bicyclic) bond motifs is 4. The third-order valence-electron chi connectivity index (χ3n) is 6.18. The van der Waals surface area contributed by atoms with Crippen LogP contribution < -0.4 is 0 Å². The molecule has 160 valence electrons. The van der Waals surface area contributed by atoms with Crippen LogP contribution in [0, 0.1) is 6.92 Å². The van der Waals surface area contributed by atoms with Gasteiger partial charge in [0, 0.05) is 33.8 Å². The molecular formula is C24H20Cl2N6. The van der Waals surface area contributed by atoms with E-state index in [1.54, 1.807) is 0 Å². The summed E-state index contributed by atoms with van der Waals surface area (Å²) in [5.41, 5.74) is 5.87. The number of alkyl halides is 1. The van der Waals surface area contributed by atoms with Crippen molar-refractivity contribution >= 4 is 28.9 Å². The zero-order valence-corrected chi connectivity index (χ0v) is 19.0. The highest BCUT2D eigenvalue weighted by atomic mass is 35.5. The maximum atomic E-state index is 6.18. The summed E-state index contributed by atoms with van der Waals surface area (Å²) in [5, 5.41) is 14.1.